The minimum absolute atomic E-state index is 0.291. The molecule has 0 radical (unpaired) electrons. The minimum Gasteiger partial charge on any atom is -0.320 e. The second kappa shape index (κ2) is 3.95. The van der Waals surface area contributed by atoms with E-state index in [4.69, 9.17) is 0 Å². The number of benzene rings is 1. The standard InChI is InChI=1S/C11H10N6O/c1-6-10(16-17-14-6)11(18)13-8-3-2-7-5-12-15-9(7)4-8/h2-5H,1H3,(H,12,15)(H,13,18)(H,14,16,17). The monoisotopic (exact) mass is 242 g/mol. The summed E-state index contributed by atoms with van der Waals surface area (Å²) in [7, 11) is 0. The number of aromatic amines is 2. The number of aromatic nitrogens is 5. The van der Waals surface area contributed by atoms with Gasteiger partial charge in [-0.25, -0.2) is 0 Å². The number of carbonyl (C=O) groups is 1. The molecule has 0 fully saturated rings. The Morgan fingerprint density at radius 1 is 1.33 bits per heavy atom. The van der Waals surface area contributed by atoms with Gasteiger partial charge < -0.3 is 5.32 Å². The molecule has 0 saturated heterocycles. The normalized spacial score (nSPS) is 10.7. The zero-order valence-corrected chi connectivity index (χ0v) is 9.56. The third kappa shape index (κ3) is 1.71. The molecule has 0 atom stereocenters. The molecule has 7 heteroatoms. The topological polar surface area (TPSA) is 99.3 Å². The molecule has 3 rings (SSSR count). The molecule has 1 amide bonds. The van der Waals surface area contributed by atoms with Crippen molar-refractivity contribution in [2.45, 2.75) is 6.92 Å². The largest absolute Gasteiger partial charge is 0.320 e. The van der Waals surface area contributed by atoms with E-state index < -0.39 is 0 Å². The van der Waals surface area contributed by atoms with E-state index in [1.165, 1.54) is 0 Å². The quantitative estimate of drug-likeness (QED) is 0.629. The second-order valence-corrected chi connectivity index (χ2v) is 3.88. The Bertz CT molecular complexity index is 713. The van der Waals surface area contributed by atoms with E-state index >= 15 is 0 Å². The average molecular weight is 242 g/mol. The van der Waals surface area contributed by atoms with Crippen LogP contribution in [0.25, 0.3) is 10.9 Å². The van der Waals surface area contributed by atoms with Gasteiger partial charge in [-0.2, -0.15) is 20.5 Å². The van der Waals surface area contributed by atoms with Crippen molar-refractivity contribution in [1.82, 2.24) is 25.6 Å². The van der Waals surface area contributed by atoms with Gasteiger partial charge in [0.25, 0.3) is 5.91 Å². The van der Waals surface area contributed by atoms with Gasteiger partial charge >= 0.3 is 0 Å². The van der Waals surface area contributed by atoms with Crippen LogP contribution in [0.2, 0.25) is 0 Å². The second-order valence-electron chi connectivity index (χ2n) is 3.88. The summed E-state index contributed by atoms with van der Waals surface area (Å²) < 4.78 is 0. The molecule has 0 spiro atoms. The van der Waals surface area contributed by atoms with Gasteiger partial charge in [-0.15, -0.1) is 0 Å². The lowest BCUT2D eigenvalue weighted by Gasteiger charge is -2.03. The highest BCUT2D eigenvalue weighted by molar-refractivity contribution is 6.04. The van der Waals surface area contributed by atoms with Gasteiger partial charge in [0.15, 0.2) is 5.69 Å². The van der Waals surface area contributed by atoms with E-state index in [9.17, 15) is 4.79 Å². The summed E-state index contributed by atoms with van der Waals surface area (Å²) in [5, 5.41) is 20.5. The maximum absolute atomic E-state index is 11.9. The van der Waals surface area contributed by atoms with E-state index in [-0.39, 0.29) is 5.91 Å². The van der Waals surface area contributed by atoms with Crippen LogP contribution in [0.1, 0.15) is 16.2 Å². The Hall–Kier alpha value is -2.70. The molecule has 7 nitrogen and oxygen atoms in total. The van der Waals surface area contributed by atoms with Crippen molar-refractivity contribution in [3.05, 3.63) is 35.8 Å². The zero-order valence-electron chi connectivity index (χ0n) is 9.56. The van der Waals surface area contributed by atoms with Crippen molar-refractivity contribution in [3.63, 3.8) is 0 Å². The predicted molar refractivity (Wildman–Crippen MR) is 65.2 cm³/mol. The highest BCUT2D eigenvalue weighted by Gasteiger charge is 2.13. The molecular weight excluding hydrogens is 232 g/mol. The van der Waals surface area contributed by atoms with Crippen LogP contribution < -0.4 is 5.32 Å². The van der Waals surface area contributed by atoms with Crippen LogP contribution in [0, 0.1) is 6.92 Å². The number of rotatable bonds is 2. The molecule has 0 bridgehead atoms. The molecule has 0 aliphatic rings. The lowest BCUT2D eigenvalue weighted by atomic mass is 10.2. The van der Waals surface area contributed by atoms with Crippen molar-refractivity contribution in [1.29, 1.82) is 0 Å². The highest BCUT2D eigenvalue weighted by atomic mass is 16.2. The number of fused-ring (bicyclic) bond motifs is 1. The van der Waals surface area contributed by atoms with Crippen LogP contribution in [-0.2, 0) is 0 Å². The molecule has 2 heterocycles. The Kier molecular flexibility index (Phi) is 2.30. The van der Waals surface area contributed by atoms with E-state index in [1.54, 1.807) is 13.1 Å². The fourth-order valence-corrected chi connectivity index (χ4v) is 1.70. The summed E-state index contributed by atoms with van der Waals surface area (Å²) in [6, 6.07) is 5.50. The maximum atomic E-state index is 11.9. The lowest BCUT2D eigenvalue weighted by molar-refractivity contribution is 0.102. The van der Waals surface area contributed by atoms with E-state index in [1.807, 2.05) is 18.2 Å². The maximum Gasteiger partial charge on any atom is 0.278 e. The number of nitrogens with one attached hydrogen (secondary N) is 3. The Labute approximate surface area is 102 Å². The SMILES string of the molecule is Cc1n[nH]nc1C(=O)Nc1ccc2cn[nH]c2c1. The summed E-state index contributed by atoms with van der Waals surface area (Å²) in [5.74, 6) is -0.292. The number of hydrogen-bond acceptors (Lipinski definition) is 4. The van der Waals surface area contributed by atoms with Gasteiger partial charge in [-0.05, 0) is 25.1 Å². The number of anilines is 1. The number of H-pyrrole nitrogens is 2. The van der Waals surface area contributed by atoms with Crippen LogP contribution in [0.15, 0.2) is 24.4 Å². The third-order valence-electron chi connectivity index (χ3n) is 2.64. The number of nitrogens with zero attached hydrogens (tertiary/aromatic N) is 3. The Morgan fingerprint density at radius 2 is 2.22 bits per heavy atom. The fraction of sp³-hybridized carbons (Fsp3) is 0.0909. The van der Waals surface area contributed by atoms with Crippen molar-refractivity contribution in [3.8, 4) is 0 Å². The number of amides is 1. The molecule has 2 aromatic heterocycles. The third-order valence-corrected chi connectivity index (χ3v) is 2.64. The van der Waals surface area contributed by atoms with Crippen molar-refractivity contribution in [2.75, 3.05) is 5.32 Å². The highest BCUT2D eigenvalue weighted by Crippen LogP contribution is 2.17. The molecular formula is C11H10N6O. The summed E-state index contributed by atoms with van der Waals surface area (Å²) >= 11 is 0. The molecule has 0 saturated carbocycles. The molecule has 0 unspecified atom stereocenters. The van der Waals surface area contributed by atoms with E-state index in [0.29, 0.717) is 17.1 Å². The van der Waals surface area contributed by atoms with Crippen LogP contribution in [0.3, 0.4) is 0 Å². The average Bonchev–Trinajstić information content (AvgIpc) is 2.96. The number of hydrogen-bond donors (Lipinski definition) is 3. The van der Waals surface area contributed by atoms with Crippen molar-refractivity contribution >= 4 is 22.5 Å². The molecule has 90 valence electrons. The van der Waals surface area contributed by atoms with Crippen LogP contribution in [-0.4, -0.2) is 31.5 Å². The summed E-state index contributed by atoms with van der Waals surface area (Å²) in [4.78, 5) is 11.9. The first-order valence-corrected chi connectivity index (χ1v) is 5.36. The summed E-state index contributed by atoms with van der Waals surface area (Å²) in [6.45, 7) is 1.72. The Balaban J connectivity index is 1.88. The van der Waals surface area contributed by atoms with Gasteiger partial charge in [0.2, 0.25) is 0 Å². The fourth-order valence-electron chi connectivity index (χ4n) is 1.70. The molecule has 3 N–H and O–H groups in total. The molecule has 0 aliphatic heterocycles. The molecule has 1 aromatic carbocycles. The van der Waals surface area contributed by atoms with Crippen molar-refractivity contribution in [2.24, 2.45) is 0 Å². The first-order chi connectivity index (χ1) is 8.74. The minimum atomic E-state index is -0.292. The van der Waals surface area contributed by atoms with Gasteiger partial charge in [0.05, 0.1) is 17.4 Å². The van der Waals surface area contributed by atoms with Gasteiger partial charge in [0.1, 0.15) is 0 Å². The molecule has 18 heavy (non-hydrogen) atoms. The van der Waals surface area contributed by atoms with Gasteiger partial charge in [-0.1, -0.05) is 0 Å². The summed E-state index contributed by atoms with van der Waals surface area (Å²) in [5.41, 5.74) is 2.40. The smallest absolute Gasteiger partial charge is 0.278 e. The molecule has 0 aliphatic carbocycles. The van der Waals surface area contributed by atoms with Crippen LogP contribution >= 0.6 is 0 Å². The number of aryl methyl sites for hydroxylation is 1. The van der Waals surface area contributed by atoms with Crippen molar-refractivity contribution < 1.29 is 4.79 Å². The van der Waals surface area contributed by atoms with Crippen LogP contribution in [0.5, 0.6) is 0 Å². The lowest BCUT2D eigenvalue weighted by Crippen LogP contribution is -2.13. The van der Waals surface area contributed by atoms with E-state index in [2.05, 4.69) is 30.9 Å². The number of carbonyl (C=O) groups excluding carboxylic acids is 1. The molecule has 3 aromatic rings. The van der Waals surface area contributed by atoms with E-state index in [0.717, 1.165) is 10.9 Å². The first kappa shape index (κ1) is 10.5. The van der Waals surface area contributed by atoms with Gasteiger partial charge in [0, 0.05) is 11.1 Å². The Morgan fingerprint density at radius 3 is 3.00 bits per heavy atom. The van der Waals surface area contributed by atoms with Crippen LogP contribution in [0.4, 0.5) is 5.69 Å². The summed E-state index contributed by atoms with van der Waals surface area (Å²) in [6.07, 6.45) is 1.72. The first-order valence-electron chi connectivity index (χ1n) is 5.36. The van der Waals surface area contributed by atoms with Gasteiger partial charge in [-0.3, -0.25) is 9.89 Å². The zero-order chi connectivity index (χ0) is 12.5. The predicted octanol–water partition coefficient (Wildman–Crippen LogP) is 1.24.